The number of aryl methyl sites for hydroxylation is 1. The van der Waals surface area contributed by atoms with Gasteiger partial charge < -0.3 is 26.4 Å². The molecule has 2 amide bonds. The lowest BCUT2D eigenvalue weighted by Gasteiger charge is -2.14. The molecule has 9 heteroatoms. The summed E-state index contributed by atoms with van der Waals surface area (Å²) in [6, 6.07) is 7.62. The van der Waals surface area contributed by atoms with E-state index in [1.807, 2.05) is 38.1 Å². The minimum atomic E-state index is -0.666. The Bertz CT molecular complexity index is 856. The molecule has 0 spiro atoms. The number of carbonyl (C=O) groups is 2. The first kappa shape index (κ1) is 22.1. The van der Waals surface area contributed by atoms with Gasteiger partial charge in [0.05, 0.1) is 13.2 Å². The molecule has 0 aliphatic carbocycles. The fourth-order valence-electron chi connectivity index (χ4n) is 2.71. The van der Waals surface area contributed by atoms with Crippen LogP contribution in [0.4, 0.5) is 11.5 Å². The highest BCUT2D eigenvalue weighted by Gasteiger charge is 2.18. The number of aromatic nitrogens is 2. The molecule has 0 unspecified atom stereocenters. The molecule has 0 atom stereocenters. The Morgan fingerprint density at radius 1 is 1.21 bits per heavy atom. The second-order valence-corrected chi connectivity index (χ2v) is 6.28. The Kier molecular flexibility index (Phi) is 8.35. The molecule has 0 fully saturated rings. The molecule has 0 aliphatic rings. The Hall–Kier alpha value is -3.20. The highest BCUT2D eigenvalue weighted by atomic mass is 16.5. The monoisotopic (exact) mass is 400 g/mol. The Labute approximate surface area is 170 Å². The van der Waals surface area contributed by atoms with Gasteiger partial charge in [0.15, 0.2) is 11.5 Å². The smallest absolute Gasteiger partial charge is 0.271 e. The summed E-state index contributed by atoms with van der Waals surface area (Å²) >= 11 is 0. The second kappa shape index (κ2) is 11.0. The van der Waals surface area contributed by atoms with Gasteiger partial charge in [-0.1, -0.05) is 19.1 Å². The molecule has 0 bridgehead atoms. The highest BCUT2D eigenvalue weighted by molar-refractivity contribution is 5.96. The molecule has 1 aromatic heterocycles. The molecule has 2 rings (SSSR count). The third-order valence-electron chi connectivity index (χ3n) is 4.04. The molecule has 0 saturated carbocycles. The van der Waals surface area contributed by atoms with E-state index in [0.29, 0.717) is 37.6 Å². The number of hydrogen-bond acceptors (Lipinski definition) is 7. The quantitative estimate of drug-likeness (QED) is 0.445. The molecule has 2 aromatic rings. The number of primary amides is 1. The van der Waals surface area contributed by atoms with E-state index in [-0.39, 0.29) is 24.0 Å². The topological polar surface area (TPSA) is 131 Å². The van der Waals surface area contributed by atoms with Crippen LogP contribution in [0.25, 0.3) is 0 Å². The summed E-state index contributed by atoms with van der Waals surface area (Å²) < 4.78 is 5.55. The maximum absolute atomic E-state index is 11.9. The predicted octanol–water partition coefficient (Wildman–Crippen LogP) is 1.16. The number of anilines is 2. The molecule has 9 nitrogen and oxygen atoms in total. The number of ether oxygens (including phenoxy) is 1. The number of rotatable bonds is 11. The van der Waals surface area contributed by atoms with Crippen LogP contribution >= 0.6 is 0 Å². The lowest BCUT2D eigenvalue weighted by Crippen LogP contribution is -2.33. The van der Waals surface area contributed by atoms with Gasteiger partial charge in [0.1, 0.15) is 5.69 Å². The van der Waals surface area contributed by atoms with Gasteiger partial charge in [-0.15, -0.1) is 0 Å². The number of likely N-dealkylation sites (N-methyl/N-ethyl adjacent to an activating group) is 1. The molecule has 0 aliphatic heterocycles. The van der Waals surface area contributed by atoms with Crippen molar-refractivity contribution >= 4 is 23.3 Å². The van der Waals surface area contributed by atoms with E-state index in [9.17, 15) is 9.59 Å². The van der Waals surface area contributed by atoms with Gasteiger partial charge >= 0.3 is 0 Å². The maximum atomic E-state index is 11.9. The van der Waals surface area contributed by atoms with Crippen molar-refractivity contribution in [3.63, 3.8) is 0 Å². The number of nitrogens with two attached hydrogens (primary N) is 1. The Morgan fingerprint density at radius 2 is 2.00 bits per heavy atom. The first-order valence-electron chi connectivity index (χ1n) is 9.59. The van der Waals surface area contributed by atoms with E-state index in [1.54, 1.807) is 7.05 Å². The highest BCUT2D eigenvalue weighted by Crippen LogP contribution is 2.24. The SMILES string of the molecule is CCOc1nc(Nc2cccc(CCNC(=O)CNC)c2)c(C(N)=O)nc1CC. The van der Waals surface area contributed by atoms with Crippen molar-refractivity contribution in [3.8, 4) is 5.88 Å². The zero-order valence-electron chi connectivity index (χ0n) is 17.0. The molecule has 5 N–H and O–H groups in total. The molecule has 156 valence electrons. The first-order valence-corrected chi connectivity index (χ1v) is 9.59. The molecule has 0 saturated heterocycles. The van der Waals surface area contributed by atoms with Crippen molar-refractivity contribution in [2.75, 3.05) is 32.1 Å². The predicted molar refractivity (Wildman–Crippen MR) is 111 cm³/mol. The molecule has 29 heavy (non-hydrogen) atoms. The average molecular weight is 400 g/mol. The average Bonchev–Trinajstić information content (AvgIpc) is 2.69. The zero-order valence-corrected chi connectivity index (χ0v) is 17.0. The summed E-state index contributed by atoms with van der Waals surface area (Å²) in [6.45, 7) is 5.01. The molecule has 1 heterocycles. The van der Waals surface area contributed by atoms with Crippen LogP contribution in [0.1, 0.15) is 35.6 Å². The summed E-state index contributed by atoms with van der Waals surface area (Å²) in [5.41, 5.74) is 7.89. The molecule has 1 aromatic carbocycles. The Balaban J connectivity index is 2.19. The van der Waals surface area contributed by atoms with Gasteiger partial charge in [0.2, 0.25) is 11.8 Å². The summed E-state index contributed by atoms with van der Waals surface area (Å²) in [4.78, 5) is 32.2. The van der Waals surface area contributed by atoms with E-state index in [2.05, 4.69) is 25.9 Å². The van der Waals surface area contributed by atoms with Crippen LogP contribution in [0.2, 0.25) is 0 Å². The third kappa shape index (κ3) is 6.42. The van der Waals surface area contributed by atoms with Crippen molar-refractivity contribution in [1.82, 2.24) is 20.6 Å². The van der Waals surface area contributed by atoms with Gasteiger partial charge in [-0.05, 0) is 44.5 Å². The van der Waals surface area contributed by atoms with Crippen molar-refractivity contribution < 1.29 is 14.3 Å². The van der Waals surface area contributed by atoms with Gasteiger partial charge in [-0.3, -0.25) is 9.59 Å². The summed E-state index contributed by atoms with van der Waals surface area (Å²) in [5.74, 6) is -0.0905. The van der Waals surface area contributed by atoms with E-state index in [0.717, 1.165) is 11.3 Å². The Morgan fingerprint density at radius 3 is 2.66 bits per heavy atom. The molecular formula is C20H28N6O3. The van der Waals surface area contributed by atoms with E-state index in [4.69, 9.17) is 10.5 Å². The van der Waals surface area contributed by atoms with Crippen molar-refractivity contribution in [3.05, 3.63) is 41.2 Å². The summed E-state index contributed by atoms with van der Waals surface area (Å²) in [7, 11) is 1.72. The summed E-state index contributed by atoms with van der Waals surface area (Å²) in [5, 5.41) is 8.76. The number of benzene rings is 1. The van der Waals surface area contributed by atoms with Crippen LogP contribution < -0.4 is 26.4 Å². The van der Waals surface area contributed by atoms with E-state index in [1.165, 1.54) is 0 Å². The van der Waals surface area contributed by atoms with Crippen LogP contribution in [0.15, 0.2) is 24.3 Å². The van der Waals surface area contributed by atoms with Crippen LogP contribution in [-0.4, -0.2) is 48.5 Å². The first-order chi connectivity index (χ1) is 14.0. The number of amides is 2. The van der Waals surface area contributed by atoms with Crippen LogP contribution in [-0.2, 0) is 17.6 Å². The molecular weight excluding hydrogens is 372 g/mol. The summed E-state index contributed by atoms with van der Waals surface area (Å²) in [6.07, 6.45) is 1.23. The van der Waals surface area contributed by atoms with Gasteiger partial charge in [-0.25, -0.2) is 4.98 Å². The fraction of sp³-hybridized carbons (Fsp3) is 0.400. The maximum Gasteiger partial charge on any atom is 0.271 e. The van der Waals surface area contributed by atoms with Crippen LogP contribution in [0.3, 0.4) is 0 Å². The second-order valence-electron chi connectivity index (χ2n) is 6.28. The third-order valence-corrected chi connectivity index (χ3v) is 4.04. The fourth-order valence-corrected chi connectivity index (χ4v) is 2.71. The van der Waals surface area contributed by atoms with E-state index >= 15 is 0 Å². The minimum absolute atomic E-state index is 0.0531. The molecule has 0 radical (unpaired) electrons. The number of hydrogen-bond donors (Lipinski definition) is 4. The van der Waals surface area contributed by atoms with E-state index < -0.39 is 5.91 Å². The number of nitrogens with zero attached hydrogens (tertiary/aromatic N) is 2. The normalized spacial score (nSPS) is 10.4. The van der Waals surface area contributed by atoms with Gasteiger partial charge in [-0.2, -0.15) is 4.98 Å². The lowest BCUT2D eigenvalue weighted by molar-refractivity contribution is -0.120. The van der Waals surface area contributed by atoms with Gasteiger partial charge in [0.25, 0.3) is 5.91 Å². The van der Waals surface area contributed by atoms with Crippen LogP contribution in [0, 0.1) is 0 Å². The van der Waals surface area contributed by atoms with Crippen molar-refractivity contribution in [2.24, 2.45) is 5.73 Å². The minimum Gasteiger partial charge on any atom is -0.477 e. The number of carbonyl (C=O) groups excluding carboxylic acids is 2. The van der Waals surface area contributed by atoms with Crippen molar-refractivity contribution in [1.29, 1.82) is 0 Å². The zero-order chi connectivity index (χ0) is 21.2. The van der Waals surface area contributed by atoms with Crippen LogP contribution in [0.5, 0.6) is 5.88 Å². The van der Waals surface area contributed by atoms with Gasteiger partial charge in [0, 0.05) is 12.2 Å². The van der Waals surface area contributed by atoms with Crippen molar-refractivity contribution in [2.45, 2.75) is 26.7 Å². The lowest BCUT2D eigenvalue weighted by atomic mass is 10.1. The number of nitrogens with one attached hydrogen (secondary N) is 3. The standard InChI is InChI=1S/C20H28N6O3/c1-4-15-20(29-5-2)26-19(17(25-15)18(21)28)24-14-8-6-7-13(11-14)9-10-23-16(27)12-22-3/h6-8,11,22H,4-5,9-10,12H2,1-3H3,(H2,21,28)(H,23,27)(H,24,26). The largest absolute Gasteiger partial charge is 0.477 e.